The highest BCUT2D eigenvalue weighted by Crippen LogP contribution is 2.26. The van der Waals surface area contributed by atoms with Gasteiger partial charge < -0.3 is 4.74 Å². The molecule has 0 aromatic carbocycles. The first-order chi connectivity index (χ1) is 8.69. The Hall–Kier alpha value is -1.27. The van der Waals surface area contributed by atoms with Crippen molar-refractivity contribution >= 4 is 11.6 Å². The van der Waals surface area contributed by atoms with Crippen LogP contribution in [0.2, 0.25) is 5.02 Å². The van der Waals surface area contributed by atoms with Crippen LogP contribution >= 0.6 is 11.6 Å². The van der Waals surface area contributed by atoms with Crippen molar-refractivity contribution in [2.75, 3.05) is 0 Å². The van der Waals surface area contributed by atoms with Crippen LogP contribution in [0.3, 0.4) is 0 Å². The maximum Gasteiger partial charge on any atom is 0.234 e. The zero-order valence-electron chi connectivity index (χ0n) is 10.9. The lowest BCUT2D eigenvalue weighted by Crippen LogP contribution is -2.13. The number of nitrogens with zero attached hydrogens (tertiary/aromatic N) is 2. The standard InChI is InChI=1S/C14H19ClN2O/c1-3-4-5-6-7-11(2)18-14-13(15)12(10-16)8-9-17-14/h8-9,11H,3-7H2,1-2H3. The molecule has 1 aromatic rings. The van der Waals surface area contributed by atoms with Crippen LogP contribution in [0.15, 0.2) is 12.3 Å². The lowest BCUT2D eigenvalue weighted by molar-refractivity contribution is 0.198. The van der Waals surface area contributed by atoms with Crippen molar-refractivity contribution in [1.29, 1.82) is 5.26 Å². The molecule has 0 saturated carbocycles. The van der Waals surface area contributed by atoms with Gasteiger partial charge >= 0.3 is 0 Å². The van der Waals surface area contributed by atoms with E-state index in [0.29, 0.717) is 16.5 Å². The van der Waals surface area contributed by atoms with Crippen LogP contribution in [0, 0.1) is 11.3 Å². The Bertz CT molecular complexity index is 415. The SMILES string of the molecule is CCCCCCC(C)Oc1nccc(C#N)c1Cl. The Balaban J connectivity index is 2.49. The topological polar surface area (TPSA) is 45.9 Å². The number of halogens is 1. The smallest absolute Gasteiger partial charge is 0.234 e. The molecule has 0 spiro atoms. The van der Waals surface area contributed by atoms with Crippen LogP contribution in [0.5, 0.6) is 5.88 Å². The molecule has 1 unspecified atom stereocenters. The van der Waals surface area contributed by atoms with Crippen molar-refractivity contribution in [3.8, 4) is 11.9 Å². The predicted molar refractivity (Wildman–Crippen MR) is 72.8 cm³/mol. The summed E-state index contributed by atoms with van der Waals surface area (Å²) in [5.41, 5.74) is 0.403. The fourth-order valence-electron chi connectivity index (χ4n) is 1.70. The molecule has 18 heavy (non-hydrogen) atoms. The van der Waals surface area contributed by atoms with E-state index in [2.05, 4.69) is 11.9 Å². The van der Waals surface area contributed by atoms with E-state index in [-0.39, 0.29) is 6.10 Å². The number of aromatic nitrogens is 1. The largest absolute Gasteiger partial charge is 0.474 e. The van der Waals surface area contributed by atoms with Crippen LogP contribution < -0.4 is 4.74 Å². The Morgan fingerprint density at radius 3 is 2.89 bits per heavy atom. The fourth-order valence-corrected chi connectivity index (χ4v) is 1.90. The minimum atomic E-state index is 0.0702. The molecule has 98 valence electrons. The fraction of sp³-hybridized carbons (Fsp3) is 0.571. The maximum atomic E-state index is 8.86. The van der Waals surface area contributed by atoms with Crippen molar-refractivity contribution < 1.29 is 4.74 Å². The van der Waals surface area contributed by atoms with Gasteiger partial charge in [-0.25, -0.2) is 4.98 Å². The number of rotatable bonds is 7. The van der Waals surface area contributed by atoms with E-state index in [1.165, 1.54) is 19.3 Å². The molecule has 0 amide bonds. The van der Waals surface area contributed by atoms with Crippen molar-refractivity contribution in [2.45, 2.75) is 52.1 Å². The summed E-state index contributed by atoms with van der Waals surface area (Å²) in [5, 5.41) is 9.17. The van der Waals surface area contributed by atoms with Gasteiger partial charge in [0.05, 0.1) is 11.7 Å². The summed E-state index contributed by atoms with van der Waals surface area (Å²) in [6.45, 7) is 4.19. The van der Waals surface area contributed by atoms with Crippen molar-refractivity contribution in [3.63, 3.8) is 0 Å². The van der Waals surface area contributed by atoms with E-state index in [0.717, 1.165) is 12.8 Å². The minimum absolute atomic E-state index is 0.0702. The molecule has 0 N–H and O–H groups in total. The molecule has 1 aromatic heterocycles. The number of hydrogen-bond donors (Lipinski definition) is 0. The third-order valence-electron chi connectivity index (χ3n) is 2.75. The third-order valence-corrected chi connectivity index (χ3v) is 3.12. The monoisotopic (exact) mass is 266 g/mol. The molecule has 1 rings (SSSR count). The predicted octanol–water partition coefficient (Wildman–Crippen LogP) is 4.34. The van der Waals surface area contributed by atoms with E-state index in [1.54, 1.807) is 12.3 Å². The maximum absolute atomic E-state index is 8.86. The van der Waals surface area contributed by atoms with Gasteiger partial charge in [-0.05, 0) is 25.8 Å². The molecule has 1 heterocycles. The number of nitriles is 1. The molecular formula is C14H19ClN2O. The number of unbranched alkanes of at least 4 members (excludes halogenated alkanes) is 3. The highest BCUT2D eigenvalue weighted by Gasteiger charge is 2.11. The van der Waals surface area contributed by atoms with Gasteiger partial charge in [-0.3, -0.25) is 0 Å². The Kier molecular flexibility index (Phi) is 6.53. The number of ether oxygens (including phenoxy) is 1. The van der Waals surface area contributed by atoms with Crippen LogP contribution in [-0.4, -0.2) is 11.1 Å². The van der Waals surface area contributed by atoms with Gasteiger partial charge in [0.1, 0.15) is 11.1 Å². The quantitative estimate of drug-likeness (QED) is 0.690. The first kappa shape index (κ1) is 14.8. The number of hydrogen-bond acceptors (Lipinski definition) is 3. The molecule has 4 heteroatoms. The van der Waals surface area contributed by atoms with Gasteiger partial charge in [-0.2, -0.15) is 5.26 Å². The summed E-state index contributed by atoms with van der Waals surface area (Å²) >= 11 is 6.03. The van der Waals surface area contributed by atoms with E-state index in [1.807, 2.05) is 13.0 Å². The van der Waals surface area contributed by atoms with E-state index in [4.69, 9.17) is 21.6 Å². The summed E-state index contributed by atoms with van der Waals surface area (Å²) in [5.74, 6) is 0.360. The first-order valence-corrected chi connectivity index (χ1v) is 6.78. The van der Waals surface area contributed by atoms with Gasteiger partial charge in [-0.1, -0.05) is 37.8 Å². The number of pyridine rings is 1. The highest BCUT2D eigenvalue weighted by atomic mass is 35.5. The highest BCUT2D eigenvalue weighted by molar-refractivity contribution is 6.32. The molecular weight excluding hydrogens is 248 g/mol. The van der Waals surface area contributed by atoms with Crippen molar-refractivity contribution in [1.82, 2.24) is 4.98 Å². The molecule has 1 atom stereocenters. The molecule has 0 saturated heterocycles. The lowest BCUT2D eigenvalue weighted by Gasteiger charge is -2.14. The van der Waals surface area contributed by atoms with Crippen molar-refractivity contribution in [3.05, 3.63) is 22.8 Å². The van der Waals surface area contributed by atoms with Gasteiger partial charge in [0.2, 0.25) is 5.88 Å². The second kappa shape index (κ2) is 7.94. The summed E-state index contributed by atoms with van der Waals surface area (Å²) < 4.78 is 5.67. The minimum Gasteiger partial charge on any atom is -0.474 e. The van der Waals surface area contributed by atoms with Crippen LogP contribution in [0.25, 0.3) is 0 Å². The Morgan fingerprint density at radius 1 is 1.44 bits per heavy atom. The average molecular weight is 267 g/mol. The van der Waals surface area contributed by atoms with Gasteiger partial charge in [0, 0.05) is 6.20 Å². The zero-order valence-corrected chi connectivity index (χ0v) is 11.7. The normalized spacial score (nSPS) is 11.9. The van der Waals surface area contributed by atoms with Gasteiger partial charge in [0.25, 0.3) is 0 Å². The zero-order chi connectivity index (χ0) is 13.4. The molecule has 0 radical (unpaired) electrons. The molecule has 3 nitrogen and oxygen atoms in total. The second-order valence-electron chi connectivity index (χ2n) is 4.37. The lowest BCUT2D eigenvalue weighted by atomic mass is 10.1. The van der Waals surface area contributed by atoms with Gasteiger partial charge in [-0.15, -0.1) is 0 Å². The Labute approximate surface area is 114 Å². The summed E-state index contributed by atoms with van der Waals surface area (Å²) in [6, 6.07) is 3.60. The Morgan fingerprint density at radius 2 is 2.22 bits per heavy atom. The van der Waals surface area contributed by atoms with E-state index < -0.39 is 0 Å². The van der Waals surface area contributed by atoms with E-state index in [9.17, 15) is 0 Å². The van der Waals surface area contributed by atoms with Crippen molar-refractivity contribution in [2.24, 2.45) is 0 Å². The first-order valence-electron chi connectivity index (χ1n) is 6.40. The third kappa shape index (κ3) is 4.54. The molecule has 0 aliphatic heterocycles. The second-order valence-corrected chi connectivity index (χ2v) is 4.75. The average Bonchev–Trinajstić information content (AvgIpc) is 2.37. The summed E-state index contributed by atoms with van der Waals surface area (Å²) in [6.07, 6.45) is 7.45. The molecule has 0 fully saturated rings. The molecule has 0 aliphatic rings. The summed E-state index contributed by atoms with van der Waals surface area (Å²) in [7, 11) is 0. The summed E-state index contributed by atoms with van der Waals surface area (Å²) in [4.78, 5) is 4.07. The molecule has 0 aliphatic carbocycles. The van der Waals surface area contributed by atoms with Crippen LogP contribution in [0.1, 0.15) is 51.5 Å². The van der Waals surface area contributed by atoms with Crippen LogP contribution in [-0.2, 0) is 0 Å². The van der Waals surface area contributed by atoms with Gasteiger partial charge in [0.15, 0.2) is 0 Å². The van der Waals surface area contributed by atoms with Crippen LogP contribution in [0.4, 0.5) is 0 Å². The van der Waals surface area contributed by atoms with E-state index >= 15 is 0 Å². The molecule has 0 bridgehead atoms.